The van der Waals surface area contributed by atoms with Gasteiger partial charge in [-0.2, -0.15) is 0 Å². The van der Waals surface area contributed by atoms with Crippen molar-refractivity contribution < 1.29 is 9.47 Å². The highest BCUT2D eigenvalue weighted by molar-refractivity contribution is 6.30. The molecule has 2 bridgehead atoms. The fraction of sp³-hybridized carbons (Fsp3) is 0.630. The first kappa shape index (κ1) is 25.1. The third-order valence-corrected chi connectivity index (χ3v) is 9.38. The minimum absolute atomic E-state index is 0.0427. The summed E-state index contributed by atoms with van der Waals surface area (Å²) in [4.78, 5) is 2.60. The van der Waals surface area contributed by atoms with Crippen molar-refractivity contribution in [3.8, 4) is 5.75 Å². The summed E-state index contributed by atoms with van der Waals surface area (Å²) in [5, 5.41) is 6.24. The molecule has 182 valence electrons. The van der Waals surface area contributed by atoms with E-state index < -0.39 is 0 Å². The van der Waals surface area contributed by atoms with Gasteiger partial charge in [0.25, 0.3) is 0 Å². The van der Waals surface area contributed by atoms with Crippen LogP contribution in [0.5, 0.6) is 5.75 Å². The Morgan fingerprint density at radius 2 is 1.76 bits per heavy atom. The molecule has 1 heterocycles. The van der Waals surface area contributed by atoms with Crippen molar-refractivity contribution in [1.82, 2.24) is 15.4 Å². The molecule has 0 amide bonds. The lowest BCUT2D eigenvalue weighted by Gasteiger charge is -2.71. The normalized spacial score (nSPS) is 31.4. The number of nitrogens with zero attached hydrogens (tertiary/aromatic N) is 1. The van der Waals surface area contributed by atoms with Crippen LogP contribution in [0.25, 0.3) is 0 Å². The highest BCUT2D eigenvalue weighted by Gasteiger charge is 2.70. The van der Waals surface area contributed by atoms with E-state index in [0.717, 1.165) is 38.0 Å². The first-order chi connectivity index (χ1) is 16.0. The number of likely N-dealkylation sites (N-methyl/N-ethyl adjacent to an activating group) is 1. The van der Waals surface area contributed by atoms with Crippen molar-refractivity contribution in [2.24, 2.45) is 10.8 Å². The van der Waals surface area contributed by atoms with Crippen molar-refractivity contribution in [2.45, 2.75) is 84.6 Å². The van der Waals surface area contributed by atoms with Crippen molar-refractivity contribution in [2.75, 3.05) is 13.6 Å². The third-order valence-electron chi connectivity index (χ3n) is 9.38. The monoisotopic (exact) mass is 461 g/mol. The Bertz CT molecular complexity index is 981. The van der Waals surface area contributed by atoms with Gasteiger partial charge in [-0.05, 0) is 87.5 Å². The highest BCUT2D eigenvalue weighted by Crippen LogP contribution is 2.70. The van der Waals surface area contributed by atoms with Gasteiger partial charge in [-0.25, -0.2) is 0 Å². The topological polar surface area (TPSA) is 45.8 Å². The molecule has 0 spiro atoms. The van der Waals surface area contributed by atoms with E-state index in [1.165, 1.54) is 16.7 Å². The molecule has 1 aromatic rings. The zero-order valence-electron chi connectivity index (χ0n) is 22.2. The number of piperidine rings is 1. The van der Waals surface area contributed by atoms with E-state index in [4.69, 9.17) is 9.47 Å². The lowest BCUT2D eigenvalue weighted by molar-refractivity contribution is -0.184. The summed E-state index contributed by atoms with van der Waals surface area (Å²) in [5.74, 6) is 2.07. The fourth-order valence-electron chi connectivity index (χ4n) is 7.90. The molecule has 5 nitrogen and oxygen atoms in total. The Balaban J connectivity index is 1.88. The Kier molecular flexibility index (Phi) is 6.56. The minimum Gasteiger partial charge on any atom is -0.477 e. The second-order valence-electron chi connectivity index (χ2n) is 11.2. The van der Waals surface area contributed by atoms with Crippen molar-refractivity contribution >= 4 is 14.8 Å². The molecule has 2 fully saturated rings. The molecular weight excluding hydrogens is 420 g/mol. The average molecular weight is 461 g/mol. The van der Waals surface area contributed by atoms with E-state index in [9.17, 15) is 0 Å². The van der Waals surface area contributed by atoms with E-state index in [1.807, 2.05) is 28.5 Å². The first-order valence-corrected chi connectivity index (χ1v) is 12.7. The van der Waals surface area contributed by atoms with Crippen LogP contribution in [0, 0.1) is 17.8 Å². The van der Waals surface area contributed by atoms with Gasteiger partial charge in [-0.15, -0.1) is 0 Å². The van der Waals surface area contributed by atoms with Crippen LogP contribution < -0.4 is 15.2 Å². The van der Waals surface area contributed by atoms with Crippen molar-refractivity contribution in [3.63, 3.8) is 0 Å². The van der Waals surface area contributed by atoms with Crippen LogP contribution in [0.15, 0.2) is 37.1 Å². The lowest BCUT2D eigenvalue weighted by Crippen LogP contribution is -2.73. The maximum Gasteiger partial charge on any atom is 0.243 e. The zero-order valence-corrected chi connectivity index (χ0v) is 22.2. The molecule has 2 N–H and O–H groups in total. The van der Waals surface area contributed by atoms with Crippen LogP contribution in [0.2, 0.25) is 13.6 Å². The summed E-state index contributed by atoms with van der Waals surface area (Å²) < 4.78 is 12.7. The summed E-state index contributed by atoms with van der Waals surface area (Å²) in [6.07, 6.45) is 4.40. The van der Waals surface area contributed by atoms with Crippen LogP contribution in [-0.4, -0.2) is 45.5 Å². The predicted molar refractivity (Wildman–Crippen MR) is 142 cm³/mol. The molecule has 7 heteroatoms. The highest BCUT2D eigenvalue weighted by atomic mass is 16.5. The molecule has 4 rings (SSSR count). The molecule has 2 unspecified atom stereocenters. The third kappa shape index (κ3) is 3.49. The van der Waals surface area contributed by atoms with Gasteiger partial charge in [-0.3, -0.25) is 0 Å². The molecule has 2 radical (unpaired) electrons. The maximum atomic E-state index is 6.53. The largest absolute Gasteiger partial charge is 0.477 e. The lowest BCUT2D eigenvalue weighted by atomic mass is 9.36. The van der Waals surface area contributed by atoms with Crippen molar-refractivity contribution in [3.05, 3.63) is 53.7 Å². The first-order valence-electron chi connectivity index (χ1n) is 12.7. The summed E-state index contributed by atoms with van der Waals surface area (Å²) in [6, 6.07) is 4.93. The van der Waals surface area contributed by atoms with Gasteiger partial charge < -0.3 is 24.8 Å². The number of benzene rings is 1. The predicted octanol–water partition coefficient (Wildman–Crippen LogP) is 4.54. The van der Waals surface area contributed by atoms with Crippen LogP contribution in [-0.2, 0) is 16.6 Å². The summed E-state index contributed by atoms with van der Waals surface area (Å²) in [6.45, 7) is 22.8. The molecule has 0 aromatic heterocycles. The number of rotatable bonds is 8. The maximum absolute atomic E-state index is 6.53. The van der Waals surface area contributed by atoms with Crippen LogP contribution >= 0.6 is 0 Å². The van der Waals surface area contributed by atoms with Crippen LogP contribution in [0.1, 0.15) is 56.7 Å². The molecule has 2 aliphatic carbocycles. The van der Waals surface area contributed by atoms with E-state index in [2.05, 4.69) is 75.4 Å². The van der Waals surface area contributed by atoms with Gasteiger partial charge in [0, 0.05) is 16.9 Å². The molecule has 34 heavy (non-hydrogen) atoms. The van der Waals surface area contributed by atoms with Gasteiger partial charge in [0.2, 0.25) is 14.8 Å². The molecule has 3 aliphatic rings. The number of hydrogen-bond acceptors (Lipinski definition) is 5. The second kappa shape index (κ2) is 8.89. The van der Waals surface area contributed by atoms with Gasteiger partial charge in [0.1, 0.15) is 11.9 Å². The van der Waals surface area contributed by atoms with E-state index in [1.54, 1.807) is 0 Å². The SMILES string of the molecule is C=C(N[B]C)Oc1ccc2c(c1C)[C@]13CCN(C)[C@H](C2)C1(C)CCC(OC(=C)N[B]C)C3(C)C. The van der Waals surface area contributed by atoms with E-state index in [-0.39, 0.29) is 22.3 Å². The molecule has 1 aliphatic heterocycles. The van der Waals surface area contributed by atoms with Gasteiger partial charge in [0.05, 0.1) is 0 Å². The molecule has 1 saturated heterocycles. The number of fused-ring (bicyclic) bond motifs is 1. The summed E-state index contributed by atoms with van der Waals surface area (Å²) in [7, 11) is 6.03. The molecular formula is C27H41B2N3O2. The number of likely N-dealkylation sites (tertiary alicyclic amines) is 1. The molecule has 1 saturated carbocycles. The van der Waals surface area contributed by atoms with Crippen molar-refractivity contribution in [1.29, 1.82) is 0 Å². The number of nitrogens with one attached hydrogen (secondary N) is 2. The van der Waals surface area contributed by atoms with Gasteiger partial charge in [0.15, 0.2) is 11.8 Å². The number of ether oxygens (including phenoxy) is 2. The Hall–Kier alpha value is -2.01. The van der Waals surface area contributed by atoms with E-state index >= 15 is 0 Å². The van der Waals surface area contributed by atoms with Gasteiger partial charge >= 0.3 is 0 Å². The Morgan fingerprint density at radius 3 is 2.44 bits per heavy atom. The van der Waals surface area contributed by atoms with Crippen LogP contribution in [0.3, 0.4) is 0 Å². The van der Waals surface area contributed by atoms with Gasteiger partial charge in [-0.1, -0.05) is 40.5 Å². The second-order valence-corrected chi connectivity index (χ2v) is 11.2. The summed E-state index contributed by atoms with van der Waals surface area (Å²) >= 11 is 0. The summed E-state index contributed by atoms with van der Waals surface area (Å²) in [5.41, 5.74) is 4.15. The number of hydrogen-bond donors (Lipinski definition) is 2. The molecule has 4 atom stereocenters. The average Bonchev–Trinajstić information content (AvgIpc) is 2.75. The standard InChI is InChI=1S/C27H41B2N3O2/c1-17-21(33-18(2)30-28-7)11-10-20-16-22-26(6)13-12-23(34-19(3)31-29-8)25(4,5)27(26,24(17)20)14-15-32(22)9/h10-11,22-23,30-31H,2-3,12-16H2,1,4-9H3/t22-,23?,26?,27+/m1/s1. The quantitative estimate of drug-likeness (QED) is 0.440. The zero-order chi connectivity index (χ0) is 24.9. The minimum atomic E-state index is -0.108. The Morgan fingerprint density at radius 1 is 1.09 bits per heavy atom. The Labute approximate surface area is 208 Å². The fourth-order valence-corrected chi connectivity index (χ4v) is 7.90. The molecule has 1 aromatic carbocycles. The smallest absolute Gasteiger partial charge is 0.243 e. The van der Waals surface area contributed by atoms with E-state index in [0.29, 0.717) is 17.8 Å². The van der Waals surface area contributed by atoms with Crippen LogP contribution in [0.4, 0.5) is 0 Å².